The summed E-state index contributed by atoms with van der Waals surface area (Å²) in [5.74, 6) is -0.120. The molecule has 41 heavy (non-hydrogen) atoms. The van der Waals surface area contributed by atoms with Crippen molar-refractivity contribution in [1.29, 1.82) is 0 Å². The van der Waals surface area contributed by atoms with E-state index in [-0.39, 0.29) is 28.7 Å². The van der Waals surface area contributed by atoms with Crippen molar-refractivity contribution in [2.75, 3.05) is 20.3 Å². The van der Waals surface area contributed by atoms with Crippen LogP contribution in [0.3, 0.4) is 0 Å². The number of benzene rings is 1. The molecule has 0 N–H and O–H groups in total. The van der Waals surface area contributed by atoms with Crippen LogP contribution in [-0.4, -0.2) is 57.5 Å². The highest BCUT2D eigenvalue weighted by atomic mass is 28.4. The Morgan fingerprint density at radius 2 is 1.61 bits per heavy atom. The fourth-order valence-corrected chi connectivity index (χ4v) is 5.60. The first-order chi connectivity index (χ1) is 18.6. The van der Waals surface area contributed by atoms with Crippen LogP contribution in [0.4, 0.5) is 0 Å². The van der Waals surface area contributed by atoms with Gasteiger partial charge in [-0.25, -0.2) is 4.79 Å². The zero-order chi connectivity index (χ0) is 31.3. The second kappa shape index (κ2) is 11.2. The van der Waals surface area contributed by atoms with Crippen molar-refractivity contribution in [1.82, 2.24) is 4.57 Å². The zero-order valence-corrected chi connectivity index (χ0v) is 28.6. The molecule has 0 bridgehead atoms. The topological polar surface area (TPSA) is 85.2 Å². The molecule has 10 heteroatoms. The molecule has 2 aromatic rings. The SMILES string of the molecule is CCOC(=O)c1cn([C@H](CO[Si](C)(C)C(C)(C)C)C(C)(C)C)c2cc(OC)c(B3OC(C)(C)C(C)(C)O3)cc2c1=O. The van der Waals surface area contributed by atoms with Gasteiger partial charge in [-0.05, 0) is 64.2 Å². The molecule has 0 unspecified atom stereocenters. The van der Waals surface area contributed by atoms with E-state index in [2.05, 4.69) is 54.6 Å². The van der Waals surface area contributed by atoms with E-state index in [4.69, 9.17) is 23.2 Å². The molecule has 1 saturated heterocycles. The lowest BCUT2D eigenvalue weighted by atomic mass is 9.77. The van der Waals surface area contributed by atoms with Gasteiger partial charge in [0.15, 0.2) is 8.32 Å². The number of esters is 1. The summed E-state index contributed by atoms with van der Waals surface area (Å²) in [6.45, 7) is 27.7. The smallest absolute Gasteiger partial charge is 0.497 e. The Morgan fingerprint density at radius 3 is 2.07 bits per heavy atom. The maximum Gasteiger partial charge on any atom is 0.498 e. The number of carbonyl (C=O) groups excluding carboxylic acids is 1. The lowest BCUT2D eigenvalue weighted by Crippen LogP contribution is -2.43. The molecule has 1 fully saturated rings. The van der Waals surface area contributed by atoms with Gasteiger partial charge in [0.2, 0.25) is 5.43 Å². The molecular formula is C31H50BNO7Si. The number of fused-ring (bicyclic) bond motifs is 1. The van der Waals surface area contributed by atoms with E-state index in [1.807, 2.05) is 38.3 Å². The van der Waals surface area contributed by atoms with Gasteiger partial charge in [-0.1, -0.05) is 41.5 Å². The summed E-state index contributed by atoms with van der Waals surface area (Å²) in [6, 6.07) is 3.38. The average molecular weight is 588 g/mol. The molecule has 0 radical (unpaired) electrons. The Hall–Kier alpha value is -2.14. The van der Waals surface area contributed by atoms with Gasteiger partial charge >= 0.3 is 13.1 Å². The number of hydrogen-bond acceptors (Lipinski definition) is 7. The van der Waals surface area contributed by atoms with Crippen molar-refractivity contribution in [3.05, 3.63) is 34.1 Å². The van der Waals surface area contributed by atoms with Crippen molar-refractivity contribution in [3.8, 4) is 5.75 Å². The second-order valence-electron chi connectivity index (χ2n) is 14.7. The Labute approximate surface area is 247 Å². The Balaban J connectivity index is 2.32. The van der Waals surface area contributed by atoms with Crippen molar-refractivity contribution in [2.45, 2.75) is 112 Å². The van der Waals surface area contributed by atoms with Crippen LogP contribution in [0.1, 0.15) is 92.6 Å². The van der Waals surface area contributed by atoms with Crippen molar-refractivity contribution in [3.63, 3.8) is 0 Å². The summed E-state index contributed by atoms with van der Waals surface area (Å²) in [6.07, 6.45) is 1.63. The molecule has 1 aliphatic heterocycles. The van der Waals surface area contributed by atoms with E-state index in [0.717, 1.165) is 0 Å². The number of rotatable bonds is 8. The van der Waals surface area contributed by atoms with Crippen LogP contribution in [-0.2, 0) is 18.5 Å². The van der Waals surface area contributed by atoms with Gasteiger partial charge in [0, 0.05) is 23.1 Å². The van der Waals surface area contributed by atoms with Crippen LogP contribution in [0.5, 0.6) is 5.75 Å². The summed E-state index contributed by atoms with van der Waals surface area (Å²) >= 11 is 0. The first kappa shape index (κ1) is 33.4. The summed E-state index contributed by atoms with van der Waals surface area (Å²) in [5.41, 5.74) is -0.647. The number of methoxy groups -OCH3 is 1. The van der Waals surface area contributed by atoms with Crippen LogP contribution in [0.25, 0.3) is 10.9 Å². The minimum absolute atomic E-state index is 0.0223. The minimum atomic E-state index is -2.10. The van der Waals surface area contributed by atoms with Crippen LogP contribution < -0.4 is 15.6 Å². The highest BCUT2D eigenvalue weighted by molar-refractivity contribution is 6.74. The van der Waals surface area contributed by atoms with Crippen molar-refractivity contribution in [2.24, 2.45) is 5.41 Å². The first-order valence-electron chi connectivity index (χ1n) is 14.5. The van der Waals surface area contributed by atoms with Crippen molar-refractivity contribution < 1.29 is 28.0 Å². The number of aromatic nitrogens is 1. The third-order valence-electron chi connectivity index (χ3n) is 9.13. The largest absolute Gasteiger partial charge is 0.498 e. The molecule has 3 rings (SSSR count). The predicted octanol–water partition coefficient (Wildman–Crippen LogP) is 6.10. The van der Waals surface area contributed by atoms with Crippen LogP contribution >= 0.6 is 0 Å². The van der Waals surface area contributed by atoms with Crippen LogP contribution in [0, 0.1) is 5.41 Å². The molecule has 2 heterocycles. The molecule has 0 saturated carbocycles. The summed E-state index contributed by atoms with van der Waals surface area (Å²) < 4.78 is 32.5. The van der Waals surface area contributed by atoms with E-state index >= 15 is 0 Å². The van der Waals surface area contributed by atoms with E-state index in [1.54, 1.807) is 26.3 Å². The number of pyridine rings is 1. The normalized spacial score (nSPS) is 18.0. The molecule has 1 aromatic carbocycles. The number of hydrogen-bond donors (Lipinski definition) is 0. The third-order valence-corrected chi connectivity index (χ3v) is 13.6. The molecule has 8 nitrogen and oxygen atoms in total. The van der Waals surface area contributed by atoms with Gasteiger partial charge in [-0.3, -0.25) is 4.79 Å². The van der Waals surface area contributed by atoms with E-state index < -0.39 is 38.0 Å². The van der Waals surface area contributed by atoms with Gasteiger partial charge in [0.25, 0.3) is 0 Å². The second-order valence-corrected chi connectivity index (χ2v) is 19.5. The van der Waals surface area contributed by atoms with E-state index in [0.29, 0.717) is 28.7 Å². The Bertz CT molecular complexity index is 1340. The van der Waals surface area contributed by atoms with E-state index in [9.17, 15) is 9.59 Å². The summed E-state index contributed by atoms with van der Waals surface area (Å²) in [4.78, 5) is 27.0. The molecular weight excluding hydrogens is 537 g/mol. The predicted molar refractivity (Wildman–Crippen MR) is 168 cm³/mol. The number of nitrogens with zero attached hydrogens (tertiary/aromatic N) is 1. The van der Waals surface area contributed by atoms with Gasteiger partial charge in [-0.2, -0.15) is 0 Å². The fraction of sp³-hybridized carbons (Fsp3) is 0.677. The highest BCUT2D eigenvalue weighted by Gasteiger charge is 2.52. The average Bonchev–Trinajstić information content (AvgIpc) is 3.04. The quantitative estimate of drug-likeness (QED) is 0.273. The lowest BCUT2D eigenvalue weighted by Gasteiger charge is -2.40. The molecule has 1 aliphatic rings. The molecule has 0 aliphatic carbocycles. The Kier molecular flexibility index (Phi) is 9.09. The highest BCUT2D eigenvalue weighted by Crippen LogP contribution is 2.41. The Morgan fingerprint density at radius 1 is 1.05 bits per heavy atom. The number of ether oxygens (including phenoxy) is 2. The molecule has 0 spiro atoms. The maximum atomic E-state index is 13.9. The van der Waals surface area contributed by atoms with Gasteiger partial charge < -0.3 is 27.8 Å². The van der Waals surface area contributed by atoms with E-state index in [1.165, 1.54) is 0 Å². The zero-order valence-electron chi connectivity index (χ0n) is 27.6. The van der Waals surface area contributed by atoms with Crippen LogP contribution in [0.15, 0.2) is 23.1 Å². The monoisotopic (exact) mass is 587 g/mol. The van der Waals surface area contributed by atoms with Gasteiger partial charge in [0.1, 0.15) is 11.3 Å². The molecule has 1 atom stereocenters. The standard InChI is InChI=1S/C31H50BNO7Si/c1-15-37-27(35)21-18-33(25(28(2,3)4)19-38-41(13,14)29(5,6)7)23-17-24(36-12)22(16-20(23)26(21)34)32-39-30(8,9)31(10,11)40-32/h16-18,25H,15,19H2,1-14H3/t25-/m1/s1. The third kappa shape index (κ3) is 6.45. The lowest BCUT2D eigenvalue weighted by molar-refractivity contribution is 0.00578. The summed E-state index contributed by atoms with van der Waals surface area (Å²) in [7, 11) is -1.26. The van der Waals surface area contributed by atoms with Gasteiger partial charge in [0.05, 0.1) is 43.1 Å². The first-order valence-corrected chi connectivity index (χ1v) is 17.4. The van der Waals surface area contributed by atoms with Crippen LogP contribution in [0.2, 0.25) is 18.1 Å². The summed E-state index contributed by atoms with van der Waals surface area (Å²) in [5, 5.41) is 0.389. The molecule has 1 aromatic heterocycles. The molecule has 0 amide bonds. The minimum Gasteiger partial charge on any atom is -0.497 e. The van der Waals surface area contributed by atoms with Gasteiger partial charge in [-0.15, -0.1) is 0 Å². The molecule has 228 valence electrons. The fourth-order valence-electron chi connectivity index (χ4n) is 4.59. The maximum absolute atomic E-state index is 13.9. The van der Waals surface area contributed by atoms with Crippen molar-refractivity contribution >= 4 is 37.8 Å². The number of carbonyl (C=O) groups is 1.